The molecule has 1 rings (SSSR count). The summed E-state index contributed by atoms with van der Waals surface area (Å²) >= 11 is 0. The Morgan fingerprint density at radius 2 is 1.92 bits per heavy atom. The van der Waals surface area contributed by atoms with Gasteiger partial charge in [0.1, 0.15) is 7.85 Å². The molecule has 12 heavy (non-hydrogen) atoms. The van der Waals surface area contributed by atoms with Crippen molar-refractivity contribution in [2.24, 2.45) is 0 Å². The molecule has 0 spiro atoms. The number of pyridine rings is 1. The lowest BCUT2D eigenvalue weighted by molar-refractivity contribution is 0.593. The molecule has 62 valence electrons. The van der Waals surface area contributed by atoms with E-state index >= 15 is 0 Å². The quantitative estimate of drug-likeness (QED) is 0.522. The van der Waals surface area contributed by atoms with Crippen LogP contribution in [0.5, 0.6) is 0 Å². The van der Waals surface area contributed by atoms with Gasteiger partial charge in [-0.2, -0.15) is 0 Å². The molecular weight excluding hydrogens is 145 g/mol. The highest BCUT2D eigenvalue weighted by atomic mass is 14.7. The van der Waals surface area contributed by atoms with Gasteiger partial charge in [-0.3, -0.25) is 4.98 Å². The second-order valence-electron chi connectivity index (χ2n) is 4.11. The lowest BCUT2D eigenvalue weighted by Crippen LogP contribution is -2.25. The van der Waals surface area contributed by atoms with Gasteiger partial charge in [-0.05, 0) is 24.0 Å². The van der Waals surface area contributed by atoms with Gasteiger partial charge in [-0.1, -0.05) is 26.2 Å². The molecule has 0 aromatic carbocycles. The standard InChI is InChI=1S/C10H14BN/c1-7-9(11)8(5-6-12-7)10(2,3)4/h5-6H,1-4H3. The monoisotopic (exact) mass is 159 g/mol. The van der Waals surface area contributed by atoms with Crippen LogP contribution in [0.4, 0.5) is 0 Å². The summed E-state index contributed by atoms with van der Waals surface area (Å²) in [6.45, 7) is 8.39. The molecule has 0 aliphatic rings. The first-order valence-corrected chi connectivity index (χ1v) is 4.14. The second kappa shape index (κ2) is 2.93. The highest BCUT2D eigenvalue weighted by Crippen LogP contribution is 2.19. The maximum absolute atomic E-state index is 5.91. The van der Waals surface area contributed by atoms with Crippen molar-refractivity contribution in [1.29, 1.82) is 0 Å². The molecule has 0 atom stereocenters. The van der Waals surface area contributed by atoms with Crippen molar-refractivity contribution in [1.82, 2.24) is 4.98 Å². The third-order valence-electron chi connectivity index (χ3n) is 2.00. The van der Waals surface area contributed by atoms with E-state index in [9.17, 15) is 0 Å². The van der Waals surface area contributed by atoms with Crippen LogP contribution in [0.1, 0.15) is 32.0 Å². The fourth-order valence-corrected chi connectivity index (χ4v) is 1.23. The highest BCUT2D eigenvalue weighted by molar-refractivity contribution is 6.34. The van der Waals surface area contributed by atoms with Crippen molar-refractivity contribution in [2.45, 2.75) is 33.1 Å². The number of hydrogen-bond acceptors (Lipinski definition) is 1. The number of aromatic nitrogens is 1. The van der Waals surface area contributed by atoms with Gasteiger partial charge >= 0.3 is 0 Å². The Kier molecular flexibility index (Phi) is 2.27. The molecule has 0 unspecified atom stereocenters. The van der Waals surface area contributed by atoms with E-state index in [-0.39, 0.29) is 5.41 Å². The minimum atomic E-state index is 0.109. The SMILES string of the molecule is [B]c1c(C(C)(C)C)ccnc1C. The molecule has 0 bridgehead atoms. The van der Waals surface area contributed by atoms with Gasteiger partial charge in [-0.15, -0.1) is 0 Å². The summed E-state index contributed by atoms with van der Waals surface area (Å²) in [7, 11) is 5.91. The molecule has 0 amide bonds. The maximum atomic E-state index is 5.91. The predicted molar refractivity (Wildman–Crippen MR) is 53.1 cm³/mol. The Morgan fingerprint density at radius 3 is 2.33 bits per heavy atom. The highest BCUT2D eigenvalue weighted by Gasteiger charge is 2.16. The second-order valence-corrected chi connectivity index (χ2v) is 4.11. The third kappa shape index (κ3) is 1.68. The topological polar surface area (TPSA) is 12.9 Å². The van der Waals surface area contributed by atoms with E-state index in [4.69, 9.17) is 7.85 Å². The van der Waals surface area contributed by atoms with Gasteiger partial charge in [0.25, 0.3) is 0 Å². The van der Waals surface area contributed by atoms with Crippen molar-refractivity contribution in [3.05, 3.63) is 23.5 Å². The molecule has 0 aliphatic carbocycles. The summed E-state index contributed by atoms with van der Waals surface area (Å²) in [5.41, 5.74) is 3.03. The normalized spacial score (nSPS) is 11.7. The number of nitrogens with zero attached hydrogens (tertiary/aromatic N) is 1. The number of hydrogen-bond donors (Lipinski definition) is 0. The van der Waals surface area contributed by atoms with Gasteiger partial charge in [0.2, 0.25) is 0 Å². The van der Waals surface area contributed by atoms with E-state index in [1.807, 2.05) is 19.2 Å². The number of aryl methyl sites for hydroxylation is 1. The molecule has 0 N–H and O–H groups in total. The molecule has 0 saturated carbocycles. The lowest BCUT2D eigenvalue weighted by atomic mass is 9.77. The first-order valence-electron chi connectivity index (χ1n) is 4.14. The van der Waals surface area contributed by atoms with E-state index in [0.717, 1.165) is 11.2 Å². The van der Waals surface area contributed by atoms with Crippen LogP contribution in [0.25, 0.3) is 0 Å². The first kappa shape index (κ1) is 9.30. The van der Waals surface area contributed by atoms with Crippen LogP contribution in [0.3, 0.4) is 0 Å². The van der Waals surface area contributed by atoms with E-state index in [1.165, 1.54) is 5.56 Å². The largest absolute Gasteiger partial charge is 0.262 e. The molecule has 1 nitrogen and oxygen atoms in total. The average Bonchev–Trinajstić information content (AvgIpc) is 1.92. The minimum Gasteiger partial charge on any atom is -0.262 e. The smallest absolute Gasteiger partial charge is 0.116 e. The van der Waals surface area contributed by atoms with Crippen LogP contribution in [0.2, 0.25) is 0 Å². The van der Waals surface area contributed by atoms with E-state index < -0.39 is 0 Å². The summed E-state index contributed by atoms with van der Waals surface area (Å²) in [5, 5.41) is 0. The van der Waals surface area contributed by atoms with Gasteiger partial charge in [0.05, 0.1) is 0 Å². The zero-order valence-electron chi connectivity index (χ0n) is 8.18. The van der Waals surface area contributed by atoms with E-state index in [0.29, 0.717) is 0 Å². The van der Waals surface area contributed by atoms with Gasteiger partial charge in [0.15, 0.2) is 0 Å². The molecule has 0 fully saturated rings. The molecule has 0 aliphatic heterocycles. The Labute approximate surface area is 75.6 Å². The summed E-state index contributed by atoms with van der Waals surface area (Å²) in [5.74, 6) is 0. The molecule has 0 saturated heterocycles. The van der Waals surface area contributed by atoms with Crippen molar-refractivity contribution in [3.8, 4) is 0 Å². The van der Waals surface area contributed by atoms with Crippen molar-refractivity contribution in [3.63, 3.8) is 0 Å². The van der Waals surface area contributed by atoms with Crippen LogP contribution in [0.15, 0.2) is 12.3 Å². The summed E-state index contributed by atoms with van der Waals surface area (Å²) in [4.78, 5) is 4.13. The first-order chi connectivity index (χ1) is 5.43. The summed E-state index contributed by atoms with van der Waals surface area (Å²) in [6.07, 6.45) is 1.81. The molecule has 2 heteroatoms. The maximum Gasteiger partial charge on any atom is 0.116 e. The minimum absolute atomic E-state index is 0.109. The van der Waals surface area contributed by atoms with Gasteiger partial charge in [0, 0.05) is 11.9 Å². The Bertz CT molecular complexity index is 286. The molecule has 1 aromatic heterocycles. The average molecular weight is 159 g/mol. The number of rotatable bonds is 0. The van der Waals surface area contributed by atoms with Crippen LogP contribution in [-0.4, -0.2) is 12.8 Å². The molecule has 1 aromatic rings. The Morgan fingerprint density at radius 1 is 1.33 bits per heavy atom. The molecule has 2 radical (unpaired) electrons. The third-order valence-corrected chi connectivity index (χ3v) is 2.00. The zero-order valence-corrected chi connectivity index (χ0v) is 8.18. The fraction of sp³-hybridized carbons (Fsp3) is 0.500. The Hall–Kier alpha value is -0.785. The zero-order chi connectivity index (χ0) is 9.35. The van der Waals surface area contributed by atoms with E-state index in [1.54, 1.807) is 0 Å². The van der Waals surface area contributed by atoms with Gasteiger partial charge in [-0.25, -0.2) is 0 Å². The summed E-state index contributed by atoms with van der Waals surface area (Å²) < 4.78 is 0. The van der Waals surface area contributed by atoms with Gasteiger partial charge < -0.3 is 0 Å². The molecule has 1 heterocycles. The van der Waals surface area contributed by atoms with Crippen molar-refractivity contribution in [2.75, 3.05) is 0 Å². The van der Waals surface area contributed by atoms with Crippen LogP contribution in [-0.2, 0) is 5.41 Å². The van der Waals surface area contributed by atoms with E-state index in [2.05, 4.69) is 25.8 Å². The molecular formula is C10H14BN. The van der Waals surface area contributed by atoms with Crippen LogP contribution >= 0.6 is 0 Å². The van der Waals surface area contributed by atoms with Crippen LogP contribution < -0.4 is 5.46 Å². The van der Waals surface area contributed by atoms with Crippen molar-refractivity contribution >= 4 is 13.3 Å². The summed E-state index contributed by atoms with van der Waals surface area (Å²) in [6, 6.07) is 1.99. The fourth-order valence-electron chi connectivity index (χ4n) is 1.23. The Balaban J connectivity index is 3.26. The van der Waals surface area contributed by atoms with Crippen molar-refractivity contribution < 1.29 is 0 Å². The predicted octanol–water partition coefficient (Wildman–Crippen LogP) is 1.48. The van der Waals surface area contributed by atoms with Crippen LogP contribution in [0, 0.1) is 6.92 Å². The lowest BCUT2D eigenvalue weighted by Gasteiger charge is -2.22.